The Balaban J connectivity index is 2.22. The van der Waals surface area contributed by atoms with E-state index in [9.17, 15) is 14.4 Å². The Bertz CT molecular complexity index is 1250. The fraction of sp³-hybridized carbons (Fsp3) is 0.190. The summed E-state index contributed by atoms with van der Waals surface area (Å²) in [5.74, 6) is -1.00. The van der Waals surface area contributed by atoms with E-state index in [-0.39, 0.29) is 44.4 Å². The molecular weight excluding hydrogens is 461 g/mol. The molecule has 10 heteroatoms. The number of halogens is 1. The lowest BCUT2D eigenvalue weighted by atomic mass is 9.73. The van der Waals surface area contributed by atoms with Crippen LogP contribution in [-0.4, -0.2) is 41.3 Å². The van der Waals surface area contributed by atoms with Crippen molar-refractivity contribution in [1.29, 1.82) is 0 Å². The summed E-state index contributed by atoms with van der Waals surface area (Å²) in [6.07, 6.45) is 0.365. The van der Waals surface area contributed by atoms with E-state index in [1.807, 2.05) is 0 Å². The standard InChI is InChI=1S/C21H14B3BrO6/c1-4-12-14(19(28)10-5-6-13(11(25)7-10)29-8(2)26)15-16(22)17(23)21(30-9(3)27)18(24)20(15)31-12/h5-7H,4H2,1-3H3. The molecule has 0 aliphatic heterocycles. The lowest BCUT2D eigenvalue weighted by Gasteiger charge is -2.14. The van der Waals surface area contributed by atoms with Gasteiger partial charge in [0, 0.05) is 31.2 Å². The first kappa shape index (κ1) is 22.9. The molecule has 0 saturated heterocycles. The molecule has 6 radical (unpaired) electrons. The zero-order chi connectivity index (χ0) is 23.0. The van der Waals surface area contributed by atoms with Gasteiger partial charge in [-0.25, -0.2) is 0 Å². The highest BCUT2D eigenvalue weighted by Crippen LogP contribution is 2.31. The highest BCUT2D eigenvalue weighted by molar-refractivity contribution is 9.10. The molecule has 0 spiro atoms. The molecule has 0 fully saturated rings. The Morgan fingerprint density at radius 1 is 1.00 bits per heavy atom. The Kier molecular flexibility index (Phi) is 6.50. The molecule has 0 atom stereocenters. The van der Waals surface area contributed by atoms with Crippen LogP contribution in [0.4, 0.5) is 0 Å². The summed E-state index contributed by atoms with van der Waals surface area (Å²) >= 11 is 3.30. The SMILES string of the molecule is [B]c1c(OC(C)=O)c([B])c2oc(CC)c(C(=O)c3ccc(OC(C)=O)c(Br)c3)c2c1[B]. The number of aryl methyl sites for hydroxylation is 1. The van der Waals surface area contributed by atoms with Gasteiger partial charge in [-0.2, -0.15) is 0 Å². The highest BCUT2D eigenvalue weighted by atomic mass is 79.9. The average molecular weight is 475 g/mol. The van der Waals surface area contributed by atoms with Gasteiger partial charge in [-0.3, -0.25) is 14.4 Å². The number of hydrogen-bond acceptors (Lipinski definition) is 6. The van der Waals surface area contributed by atoms with Crippen LogP contribution < -0.4 is 25.9 Å². The maximum atomic E-state index is 13.4. The van der Waals surface area contributed by atoms with Crippen LogP contribution in [0, 0.1) is 0 Å². The Morgan fingerprint density at radius 2 is 1.65 bits per heavy atom. The minimum Gasteiger partial charge on any atom is -0.461 e. The van der Waals surface area contributed by atoms with E-state index in [1.54, 1.807) is 6.92 Å². The first-order valence-corrected chi connectivity index (χ1v) is 9.98. The maximum Gasteiger partial charge on any atom is 0.308 e. The molecule has 0 aliphatic rings. The fourth-order valence-electron chi connectivity index (χ4n) is 3.20. The number of ether oxygens (including phenoxy) is 2. The van der Waals surface area contributed by atoms with Crippen LogP contribution >= 0.6 is 15.9 Å². The van der Waals surface area contributed by atoms with Crippen molar-refractivity contribution < 1.29 is 28.3 Å². The third kappa shape index (κ3) is 4.21. The highest BCUT2D eigenvalue weighted by Gasteiger charge is 2.26. The number of ketones is 1. The summed E-state index contributed by atoms with van der Waals surface area (Å²) in [5, 5.41) is 0.243. The molecule has 0 aliphatic carbocycles. The largest absolute Gasteiger partial charge is 0.461 e. The number of esters is 2. The predicted octanol–water partition coefficient (Wildman–Crippen LogP) is 1.22. The van der Waals surface area contributed by atoms with E-state index < -0.39 is 17.7 Å². The summed E-state index contributed by atoms with van der Waals surface area (Å²) in [5.41, 5.74) is 0.526. The third-order valence-corrected chi connectivity index (χ3v) is 5.14. The topological polar surface area (TPSA) is 82.8 Å². The van der Waals surface area contributed by atoms with E-state index in [1.165, 1.54) is 32.0 Å². The number of benzene rings is 2. The average Bonchev–Trinajstić information content (AvgIpc) is 3.10. The molecule has 31 heavy (non-hydrogen) atoms. The number of rotatable bonds is 5. The van der Waals surface area contributed by atoms with E-state index in [0.717, 1.165) is 0 Å². The van der Waals surface area contributed by atoms with Crippen molar-refractivity contribution >= 4 is 84.5 Å². The van der Waals surface area contributed by atoms with Crippen molar-refractivity contribution in [3.63, 3.8) is 0 Å². The van der Waals surface area contributed by atoms with Gasteiger partial charge >= 0.3 is 11.9 Å². The van der Waals surface area contributed by atoms with Gasteiger partial charge in [0.25, 0.3) is 0 Å². The Morgan fingerprint density at radius 3 is 2.19 bits per heavy atom. The van der Waals surface area contributed by atoms with Gasteiger partial charge in [0.05, 0.1) is 10.0 Å². The summed E-state index contributed by atoms with van der Waals surface area (Å²) in [4.78, 5) is 36.0. The van der Waals surface area contributed by atoms with Gasteiger partial charge in [0.2, 0.25) is 0 Å². The molecule has 0 saturated carbocycles. The van der Waals surface area contributed by atoms with Gasteiger partial charge < -0.3 is 13.9 Å². The van der Waals surface area contributed by atoms with Gasteiger partial charge in [0.1, 0.15) is 46.4 Å². The number of carbonyl (C=O) groups is 3. The molecular formula is C21H14B3BrO6. The maximum absolute atomic E-state index is 13.4. The normalized spacial score (nSPS) is 10.8. The number of furan rings is 1. The van der Waals surface area contributed by atoms with Crippen LogP contribution in [0.5, 0.6) is 11.5 Å². The molecule has 6 nitrogen and oxygen atoms in total. The molecule has 1 heterocycles. The van der Waals surface area contributed by atoms with Crippen LogP contribution in [0.15, 0.2) is 27.1 Å². The lowest BCUT2D eigenvalue weighted by Crippen LogP contribution is -2.35. The minimum atomic E-state index is -0.631. The zero-order valence-corrected chi connectivity index (χ0v) is 18.6. The van der Waals surface area contributed by atoms with Crippen molar-refractivity contribution in [1.82, 2.24) is 0 Å². The van der Waals surface area contributed by atoms with E-state index in [2.05, 4.69) is 15.9 Å². The second-order valence-electron chi connectivity index (χ2n) is 6.69. The Labute approximate surface area is 191 Å². The number of hydrogen-bond donors (Lipinski definition) is 0. The lowest BCUT2D eigenvalue weighted by molar-refractivity contribution is -0.132. The molecule has 1 aromatic heterocycles. The van der Waals surface area contributed by atoms with E-state index in [4.69, 9.17) is 37.4 Å². The van der Waals surface area contributed by atoms with Gasteiger partial charge in [-0.05, 0) is 39.6 Å². The molecule has 0 amide bonds. The number of carbonyl (C=O) groups excluding carboxylic acids is 3. The quantitative estimate of drug-likeness (QED) is 0.239. The molecule has 3 rings (SSSR count). The molecule has 0 N–H and O–H groups in total. The summed E-state index contributed by atoms with van der Waals surface area (Å²) < 4.78 is 16.4. The van der Waals surface area contributed by atoms with E-state index in [0.29, 0.717) is 22.2 Å². The van der Waals surface area contributed by atoms with Crippen LogP contribution in [-0.2, 0) is 16.0 Å². The molecule has 2 aromatic carbocycles. The molecule has 3 aromatic rings. The van der Waals surface area contributed by atoms with Gasteiger partial charge in [0.15, 0.2) is 5.78 Å². The second-order valence-corrected chi connectivity index (χ2v) is 7.54. The van der Waals surface area contributed by atoms with Gasteiger partial charge in [-0.15, -0.1) is 0 Å². The summed E-state index contributed by atoms with van der Waals surface area (Å²) in [6.45, 7) is 4.28. The van der Waals surface area contributed by atoms with Crippen LogP contribution in [0.3, 0.4) is 0 Å². The number of fused-ring (bicyclic) bond motifs is 1. The van der Waals surface area contributed by atoms with Crippen molar-refractivity contribution in [3.8, 4) is 11.5 Å². The van der Waals surface area contributed by atoms with Gasteiger partial charge in [-0.1, -0.05) is 17.8 Å². The van der Waals surface area contributed by atoms with Crippen molar-refractivity contribution in [2.45, 2.75) is 27.2 Å². The molecule has 0 bridgehead atoms. The first-order chi connectivity index (χ1) is 14.6. The second kappa shape index (κ2) is 8.79. The minimum absolute atomic E-state index is 0.0165. The van der Waals surface area contributed by atoms with Crippen molar-refractivity contribution in [3.05, 3.63) is 39.6 Å². The Hall–Kier alpha value is -2.74. The van der Waals surface area contributed by atoms with Crippen LogP contribution in [0.2, 0.25) is 0 Å². The monoisotopic (exact) mass is 474 g/mol. The summed E-state index contributed by atoms with van der Waals surface area (Å²) in [7, 11) is 18.4. The molecule has 0 unspecified atom stereocenters. The smallest absolute Gasteiger partial charge is 0.308 e. The molecule has 150 valence electrons. The van der Waals surface area contributed by atoms with Crippen LogP contribution in [0.1, 0.15) is 42.5 Å². The van der Waals surface area contributed by atoms with Crippen molar-refractivity contribution in [2.24, 2.45) is 0 Å². The van der Waals surface area contributed by atoms with Crippen LogP contribution in [0.25, 0.3) is 11.0 Å². The zero-order valence-electron chi connectivity index (χ0n) is 17.0. The van der Waals surface area contributed by atoms with E-state index >= 15 is 0 Å². The van der Waals surface area contributed by atoms with Crippen molar-refractivity contribution in [2.75, 3.05) is 0 Å². The fourth-order valence-corrected chi connectivity index (χ4v) is 3.66. The summed E-state index contributed by atoms with van der Waals surface area (Å²) in [6, 6.07) is 4.53. The predicted molar refractivity (Wildman–Crippen MR) is 122 cm³/mol. The third-order valence-electron chi connectivity index (χ3n) is 4.52. The first-order valence-electron chi connectivity index (χ1n) is 9.19.